The van der Waals surface area contributed by atoms with E-state index in [1.807, 2.05) is 43.4 Å². The molecule has 0 aliphatic rings. The zero-order valence-electron chi connectivity index (χ0n) is 10.1. The molecule has 96 valence electrons. The van der Waals surface area contributed by atoms with E-state index in [0.29, 0.717) is 11.7 Å². The van der Waals surface area contributed by atoms with Gasteiger partial charge in [0.1, 0.15) is 0 Å². The molecule has 0 bridgehead atoms. The molecular weight excluding hydrogens is 326 g/mol. The molecule has 0 fully saturated rings. The quantitative estimate of drug-likeness (QED) is 0.776. The molecule has 2 heterocycles. The first-order valence-electron chi connectivity index (χ1n) is 5.64. The highest BCUT2D eigenvalue weighted by Crippen LogP contribution is 2.32. The Balaban J connectivity index is 2.01. The number of nitrogens with zero attached hydrogens (tertiary/aromatic N) is 2. The van der Waals surface area contributed by atoms with E-state index in [1.54, 1.807) is 11.3 Å². The van der Waals surface area contributed by atoms with Gasteiger partial charge in [0, 0.05) is 12.7 Å². The minimum atomic E-state index is 0.518. The molecule has 2 aromatic heterocycles. The number of hydrogen-bond acceptors (Lipinski definition) is 5. The summed E-state index contributed by atoms with van der Waals surface area (Å²) in [6.07, 6.45) is 0. The van der Waals surface area contributed by atoms with Crippen LogP contribution in [0.5, 0.6) is 0 Å². The molecule has 3 rings (SSSR count). The first-order chi connectivity index (χ1) is 9.28. The number of hydrogen-bond donors (Lipinski definition) is 1. The molecule has 0 amide bonds. The summed E-state index contributed by atoms with van der Waals surface area (Å²) in [6.45, 7) is 0. The zero-order valence-corrected chi connectivity index (χ0v) is 12.5. The predicted octanol–water partition coefficient (Wildman–Crippen LogP) is 4.27. The van der Waals surface area contributed by atoms with Crippen molar-refractivity contribution < 1.29 is 4.52 Å². The molecule has 4 nitrogen and oxygen atoms in total. The molecule has 6 heteroatoms. The van der Waals surface area contributed by atoms with Crippen molar-refractivity contribution in [1.82, 2.24) is 10.1 Å². The normalized spacial score (nSPS) is 10.6. The molecule has 0 aliphatic carbocycles. The van der Waals surface area contributed by atoms with Crippen LogP contribution in [0.25, 0.3) is 22.2 Å². The molecule has 0 radical (unpaired) electrons. The van der Waals surface area contributed by atoms with Gasteiger partial charge in [0.05, 0.1) is 14.2 Å². The Morgan fingerprint density at radius 3 is 2.79 bits per heavy atom. The Kier molecular flexibility index (Phi) is 3.35. The average molecular weight is 336 g/mol. The largest absolute Gasteiger partial charge is 0.387 e. The summed E-state index contributed by atoms with van der Waals surface area (Å²) in [4.78, 5) is 5.42. The molecule has 0 spiro atoms. The van der Waals surface area contributed by atoms with E-state index in [4.69, 9.17) is 4.52 Å². The van der Waals surface area contributed by atoms with Gasteiger partial charge < -0.3 is 9.84 Å². The fourth-order valence-electron chi connectivity index (χ4n) is 1.76. The maximum Gasteiger partial charge on any atom is 0.260 e. The summed E-state index contributed by atoms with van der Waals surface area (Å²) in [5.74, 6) is 1.13. The van der Waals surface area contributed by atoms with Crippen molar-refractivity contribution in [3.05, 3.63) is 40.2 Å². The molecular formula is C13H10BrN3OS. The van der Waals surface area contributed by atoms with Gasteiger partial charge in [-0.1, -0.05) is 17.3 Å². The summed E-state index contributed by atoms with van der Waals surface area (Å²) in [7, 11) is 1.87. The van der Waals surface area contributed by atoms with Gasteiger partial charge in [-0.2, -0.15) is 4.98 Å². The number of anilines is 1. The number of nitrogens with one attached hydrogen (secondary N) is 1. The van der Waals surface area contributed by atoms with Crippen LogP contribution in [0.2, 0.25) is 0 Å². The van der Waals surface area contributed by atoms with Gasteiger partial charge in [-0.05, 0) is 40.2 Å². The van der Waals surface area contributed by atoms with Gasteiger partial charge in [-0.25, -0.2) is 0 Å². The summed E-state index contributed by atoms with van der Waals surface area (Å²) < 4.78 is 6.39. The lowest BCUT2D eigenvalue weighted by molar-refractivity contribution is 0.432. The molecule has 0 atom stereocenters. The van der Waals surface area contributed by atoms with E-state index in [0.717, 1.165) is 19.9 Å². The maximum absolute atomic E-state index is 5.35. The Morgan fingerprint density at radius 1 is 1.21 bits per heavy atom. The number of benzene rings is 1. The summed E-state index contributed by atoms with van der Waals surface area (Å²) >= 11 is 5.00. The Bertz CT molecular complexity index is 707. The van der Waals surface area contributed by atoms with Gasteiger partial charge >= 0.3 is 0 Å². The van der Waals surface area contributed by atoms with Gasteiger partial charge in [-0.3, -0.25) is 0 Å². The second-order valence-electron chi connectivity index (χ2n) is 3.82. The van der Waals surface area contributed by atoms with Gasteiger partial charge in [0.2, 0.25) is 5.82 Å². The fourth-order valence-corrected chi connectivity index (χ4v) is 3.07. The minimum absolute atomic E-state index is 0.518. The summed E-state index contributed by atoms with van der Waals surface area (Å²) in [5, 5.41) is 7.14. The lowest BCUT2D eigenvalue weighted by atomic mass is 10.2. The standard InChI is InChI=1S/C13H10BrN3OS/c1-15-9-5-3-2-4-8(9)13-16-12(17-18-13)10-6-7-11(14)19-10/h2-7,15H,1H3. The third kappa shape index (κ3) is 2.41. The van der Waals surface area contributed by atoms with E-state index < -0.39 is 0 Å². The van der Waals surface area contributed by atoms with Crippen LogP contribution in [0, 0.1) is 0 Å². The fraction of sp³-hybridized carbons (Fsp3) is 0.0769. The summed E-state index contributed by atoms with van der Waals surface area (Å²) in [5.41, 5.74) is 1.87. The monoisotopic (exact) mass is 335 g/mol. The number of thiophene rings is 1. The number of aromatic nitrogens is 2. The van der Waals surface area contributed by atoms with Gasteiger partial charge in [-0.15, -0.1) is 11.3 Å². The van der Waals surface area contributed by atoms with Crippen LogP contribution in [-0.2, 0) is 0 Å². The zero-order chi connectivity index (χ0) is 13.2. The molecule has 19 heavy (non-hydrogen) atoms. The molecule has 0 saturated carbocycles. The maximum atomic E-state index is 5.35. The highest BCUT2D eigenvalue weighted by molar-refractivity contribution is 9.11. The molecule has 1 N–H and O–H groups in total. The topological polar surface area (TPSA) is 51.0 Å². The Labute approximate surface area is 122 Å². The second-order valence-corrected chi connectivity index (χ2v) is 6.29. The molecule has 0 unspecified atom stereocenters. The third-order valence-corrected chi connectivity index (χ3v) is 4.27. The van der Waals surface area contributed by atoms with Crippen LogP contribution < -0.4 is 5.32 Å². The Hall–Kier alpha value is -1.66. The van der Waals surface area contributed by atoms with E-state index in [9.17, 15) is 0 Å². The molecule has 1 aromatic carbocycles. The highest BCUT2D eigenvalue weighted by Gasteiger charge is 2.14. The first kappa shape index (κ1) is 12.4. The lowest BCUT2D eigenvalue weighted by Crippen LogP contribution is -1.91. The SMILES string of the molecule is CNc1ccccc1-c1nc(-c2ccc(Br)s2)no1. The van der Waals surface area contributed by atoms with Crippen molar-refractivity contribution in [2.24, 2.45) is 0 Å². The van der Waals surface area contributed by atoms with E-state index in [-0.39, 0.29) is 0 Å². The predicted molar refractivity (Wildman–Crippen MR) is 80.3 cm³/mol. The van der Waals surface area contributed by atoms with Crippen LogP contribution in [-0.4, -0.2) is 17.2 Å². The van der Waals surface area contributed by atoms with Gasteiger partial charge in [0.25, 0.3) is 5.89 Å². The smallest absolute Gasteiger partial charge is 0.260 e. The molecule has 3 aromatic rings. The van der Waals surface area contributed by atoms with Crippen LogP contribution in [0.1, 0.15) is 0 Å². The van der Waals surface area contributed by atoms with E-state index in [2.05, 4.69) is 31.4 Å². The molecule has 0 aliphatic heterocycles. The Morgan fingerprint density at radius 2 is 2.05 bits per heavy atom. The van der Waals surface area contributed by atoms with Crippen molar-refractivity contribution in [3.63, 3.8) is 0 Å². The molecule has 0 saturated heterocycles. The van der Waals surface area contributed by atoms with Crippen LogP contribution in [0.4, 0.5) is 5.69 Å². The highest BCUT2D eigenvalue weighted by atomic mass is 79.9. The van der Waals surface area contributed by atoms with E-state index in [1.165, 1.54) is 0 Å². The van der Waals surface area contributed by atoms with Crippen LogP contribution >= 0.6 is 27.3 Å². The second kappa shape index (κ2) is 5.14. The lowest BCUT2D eigenvalue weighted by Gasteiger charge is -2.03. The average Bonchev–Trinajstić information content (AvgIpc) is 3.07. The van der Waals surface area contributed by atoms with E-state index >= 15 is 0 Å². The van der Waals surface area contributed by atoms with Crippen LogP contribution in [0.3, 0.4) is 0 Å². The van der Waals surface area contributed by atoms with Crippen molar-refractivity contribution in [3.8, 4) is 22.2 Å². The third-order valence-electron chi connectivity index (χ3n) is 2.65. The summed E-state index contributed by atoms with van der Waals surface area (Å²) in [6, 6.07) is 11.8. The number of para-hydroxylation sites is 1. The number of halogens is 1. The van der Waals surface area contributed by atoms with Crippen LogP contribution in [0.15, 0.2) is 44.7 Å². The van der Waals surface area contributed by atoms with Crippen molar-refractivity contribution >= 4 is 33.0 Å². The van der Waals surface area contributed by atoms with Crippen molar-refractivity contribution in [1.29, 1.82) is 0 Å². The minimum Gasteiger partial charge on any atom is -0.387 e. The number of rotatable bonds is 3. The van der Waals surface area contributed by atoms with Crippen molar-refractivity contribution in [2.75, 3.05) is 12.4 Å². The van der Waals surface area contributed by atoms with Crippen molar-refractivity contribution in [2.45, 2.75) is 0 Å². The first-order valence-corrected chi connectivity index (χ1v) is 7.25. The van der Waals surface area contributed by atoms with Gasteiger partial charge in [0.15, 0.2) is 0 Å².